The number of aromatic nitrogens is 2. The molecule has 0 aliphatic carbocycles. The van der Waals surface area contributed by atoms with E-state index in [1.54, 1.807) is 6.08 Å². The molecular formula is C13H20N2. The lowest BCUT2D eigenvalue weighted by Crippen LogP contribution is -1.93. The molecule has 1 rings (SSSR count). The molecule has 0 atom stereocenters. The number of rotatable bonds is 3. The van der Waals surface area contributed by atoms with E-state index in [1.807, 2.05) is 63.0 Å². The highest BCUT2D eigenvalue weighted by Gasteiger charge is 1.95. The van der Waals surface area contributed by atoms with Crippen molar-refractivity contribution in [2.45, 2.75) is 27.7 Å². The fourth-order valence-corrected chi connectivity index (χ4v) is 0.987. The Morgan fingerprint density at radius 1 is 1.47 bits per heavy atom. The molecule has 0 aliphatic heterocycles. The summed E-state index contributed by atoms with van der Waals surface area (Å²) in [6, 6.07) is 0. The van der Waals surface area contributed by atoms with Crippen LogP contribution >= 0.6 is 0 Å². The third-order valence-corrected chi connectivity index (χ3v) is 1.64. The maximum atomic E-state index is 4.18. The van der Waals surface area contributed by atoms with Crippen molar-refractivity contribution in [3.8, 4) is 0 Å². The summed E-state index contributed by atoms with van der Waals surface area (Å²) in [4.78, 5) is 0. The van der Waals surface area contributed by atoms with E-state index in [4.69, 9.17) is 0 Å². The van der Waals surface area contributed by atoms with Gasteiger partial charge < -0.3 is 0 Å². The van der Waals surface area contributed by atoms with Crippen LogP contribution in [-0.2, 0) is 0 Å². The molecule has 0 radical (unpaired) electrons. The smallest absolute Gasteiger partial charge is 0.0639 e. The van der Waals surface area contributed by atoms with Gasteiger partial charge in [0.1, 0.15) is 0 Å². The van der Waals surface area contributed by atoms with Crippen molar-refractivity contribution in [1.29, 1.82) is 0 Å². The number of hydrogen-bond donors (Lipinski definition) is 0. The van der Waals surface area contributed by atoms with E-state index >= 15 is 0 Å². The second-order valence-corrected chi connectivity index (χ2v) is 2.78. The molecule has 1 aromatic rings. The molecule has 1 heterocycles. The van der Waals surface area contributed by atoms with Gasteiger partial charge in [-0.2, -0.15) is 5.10 Å². The second kappa shape index (κ2) is 7.80. The van der Waals surface area contributed by atoms with Crippen LogP contribution in [0.15, 0.2) is 43.3 Å². The lowest BCUT2D eigenvalue weighted by atomic mass is 10.3. The largest absolute Gasteiger partial charge is 0.241 e. The van der Waals surface area contributed by atoms with E-state index in [-0.39, 0.29) is 0 Å². The summed E-state index contributed by atoms with van der Waals surface area (Å²) >= 11 is 0. The molecule has 0 spiro atoms. The summed E-state index contributed by atoms with van der Waals surface area (Å²) < 4.78 is 1.81. The highest BCUT2D eigenvalue weighted by Crippen LogP contribution is 2.06. The van der Waals surface area contributed by atoms with Crippen molar-refractivity contribution < 1.29 is 0 Å². The van der Waals surface area contributed by atoms with Gasteiger partial charge in [-0.25, -0.2) is 4.68 Å². The minimum absolute atomic E-state index is 0.978. The lowest BCUT2D eigenvalue weighted by molar-refractivity contribution is 0.910. The third kappa shape index (κ3) is 4.45. The van der Waals surface area contributed by atoms with Crippen LogP contribution in [0, 0.1) is 6.92 Å². The zero-order valence-electron chi connectivity index (χ0n) is 10.1. The predicted octanol–water partition coefficient (Wildman–Crippen LogP) is 3.82. The molecule has 2 nitrogen and oxygen atoms in total. The van der Waals surface area contributed by atoms with E-state index in [1.165, 1.54) is 0 Å². The highest BCUT2D eigenvalue weighted by molar-refractivity contribution is 5.57. The van der Waals surface area contributed by atoms with Gasteiger partial charge in [-0.3, -0.25) is 0 Å². The van der Waals surface area contributed by atoms with Crippen LogP contribution in [0.5, 0.6) is 0 Å². The molecule has 0 amide bonds. The number of allylic oxidation sites excluding steroid dienone is 5. The van der Waals surface area contributed by atoms with Gasteiger partial charge in [-0.1, -0.05) is 32.6 Å². The first-order valence-corrected chi connectivity index (χ1v) is 5.25. The molecule has 0 aromatic carbocycles. The van der Waals surface area contributed by atoms with Gasteiger partial charge in [0, 0.05) is 6.20 Å². The van der Waals surface area contributed by atoms with Crippen LogP contribution in [0.4, 0.5) is 0 Å². The Kier molecular flexibility index (Phi) is 6.98. The third-order valence-electron chi connectivity index (χ3n) is 1.64. The van der Waals surface area contributed by atoms with Crippen LogP contribution in [0.3, 0.4) is 0 Å². The fourth-order valence-electron chi connectivity index (χ4n) is 0.987. The molecule has 2 heteroatoms. The quantitative estimate of drug-likeness (QED) is 0.684. The number of hydrogen-bond acceptors (Lipinski definition) is 1. The summed E-state index contributed by atoms with van der Waals surface area (Å²) in [5.41, 5.74) is 2.12. The number of aryl methyl sites for hydroxylation is 1. The van der Waals surface area contributed by atoms with Crippen molar-refractivity contribution in [3.05, 3.63) is 48.8 Å². The van der Waals surface area contributed by atoms with Crippen LogP contribution in [0.2, 0.25) is 0 Å². The molecule has 0 saturated heterocycles. The minimum Gasteiger partial charge on any atom is -0.241 e. The lowest BCUT2D eigenvalue weighted by Gasteiger charge is -1.98. The van der Waals surface area contributed by atoms with Crippen molar-refractivity contribution in [2.24, 2.45) is 0 Å². The SMILES string of the molecule is C=C/C(=C\C=C/C)n1cc(C)cn1.CC. The first kappa shape index (κ1) is 13.4. The molecule has 0 unspecified atom stereocenters. The summed E-state index contributed by atoms with van der Waals surface area (Å²) in [5.74, 6) is 0. The normalized spacial score (nSPS) is 11.1. The molecule has 82 valence electrons. The van der Waals surface area contributed by atoms with Gasteiger partial charge in [0.15, 0.2) is 0 Å². The Balaban J connectivity index is 0.000000921. The van der Waals surface area contributed by atoms with Crippen molar-refractivity contribution >= 4 is 5.70 Å². The van der Waals surface area contributed by atoms with E-state index < -0.39 is 0 Å². The summed E-state index contributed by atoms with van der Waals surface area (Å²) in [6.07, 6.45) is 11.5. The maximum Gasteiger partial charge on any atom is 0.0639 e. The Hall–Kier alpha value is -1.57. The fraction of sp³-hybridized carbons (Fsp3) is 0.308. The van der Waals surface area contributed by atoms with Gasteiger partial charge in [0.2, 0.25) is 0 Å². The van der Waals surface area contributed by atoms with Crippen LogP contribution in [0.1, 0.15) is 26.3 Å². The van der Waals surface area contributed by atoms with Gasteiger partial charge in [-0.05, 0) is 31.6 Å². The molecular weight excluding hydrogens is 184 g/mol. The first-order valence-electron chi connectivity index (χ1n) is 5.25. The van der Waals surface area contributed by atoms with Gasteiger partial charge in [0.05, 0.1) is 11.9 Å². The zero-order chi connectivity index (χ0) is 11.7. The average molecular weight is 204 g/mol. The highest BCUT2D eigenvalue weighted by atomic mass is 15.3. The topological polar surface area (TPSA) is 17.8 Å². The van der Waals surface area contributed by atoms with E-state index in [0.29, 0.717) is 0 Å². The summed E-state index contributed by atoms with van der Waals surface area (Å²) in [5, 5.41) is 4.18. The van der Waals surface area contributed by atoms with Crippen LogP contribution in [0.25, 0.3) is 5.70 Å². The van der Waals surface area contributed by atoms with E-state index in [2.05, 4.69) is 11.7 Å². The molecule has 0 aliphatic rings. The zero-order valence-corrected chi connectivity index (χ0v) is 10.1. The van der Waals surface area contributed by atoms with Crippen molar-refractivity contribution in [2.75, 3.05) is 0 Å². The summed E-state index contributed by atoms with van der Waals surface area (Å²) in [6.45, 7) is 11.7. The van der Waals surface area contributed by atoms with Crippen molar-refractivity contribution in [1.82, 2.24) is 9.78 Å². The van der Waals surface area contributed by atoms with E-state index in [0.717, 1.165) is 11.3 Å². The molecule has 15 heavy (non-hydrogen) atoms. The first-order chi connectivity index (χ1) is 7.27. The van der Waals surface area contributed by atoms with Gasteiger partial charge in [0.25, 0.3) is 0 Å². The monoisotopic (exact) mass is 204 g/mol. The Bertz CT molecular complexity index is 343. The second-order valence-electron chi connectivity index (χ2n) is 2.78. The molecule has 1 aromatic heterocycles. The standard InChI is InChI=1S/C11H14N2.C2H6/c1-4-6-7-11(5-2)13-9-10(3)8-12-13;1-2/h4-9H,2H2,1,3H3;1-2H3/b6-4-,11-7+;. The summed E-state index contributed by atoms with van der Waals surface area (Å²) in [7, 11) is 0. The molecule has 0 N–H and O–H groups in total. The van der Waals surface area contributed by atoms with E-state index in [9.17, 15) is 0 Å². The molecule has 0 saturated carbocycles. The van der Waals surface area contributed by atoms with Crippen LogP contribution in [-0.4, -0.2) is 9.78 Å². The Morgan fingerprint density at radius 2 is 2.13 bits per heavy atom. The Labute approximate surface area is 92.6 Å². The Morgan fingerprint density at radius 3 is 2.53 bits per heavy atom. The number of nitrogens with zero attached hydrogens (tertiary/aromatic N) is 2. The van der Waals surface area contributed by atoms with Gasteiger partial charge in [-0.15, -0.1) is 0 Å². The van der Waals surface area contributed by atoms with Crippen molar-refractivity contribution in [3.63, 3.8) is 0 Å². The minimum atomic E-state index is 0.978. The average Bonchev–Trinajstić information content (AvgIpc) is 2.69. The van der Waals surface area contributed by atoms with Gasteiger partial charge >= 0.3 is 0 Å². The maximum absolute atomic E-state index is 4.18. The molecule has 0 fully saturated rings. The van der Waals surface area contributed by atoms with Crippen LogP contribution < -0.4 is 0 Å². The predicted molar refractivity (Wildman–Crippen MR) is 67.6 cm³/mol. The molecule has 0 bridgehead atoms.